The molecule has 0 aromatic heterocycles. The van der Waals surface area contributed by atoms with E-state index < -0.39 is 6.04 Å². The summed E-state index contributed by atoms with van der Waals surface area (Å²) in [7, 11) is 1.60. The van der Waals surface area contributed by atoms with Gasteiger partial charge in [0.15, 0.2) is 5.11 Å². The molecular weight excluding hydrogens is 526 g/mol. The average Bonchev–Trinajstić information content (AvgIpc) is 3.21. The van der Waals surface area contributed by atoms with Crippen LogP contribution >= 0.6 is 12.2 Å². The largest absolute Gasteiger partial charge is 0.497 e. The molecule has 40 heavy (non-hydrogen) atoms. The van der Waals surface area contributed by atoms with Gasteiger partial charge in [-0.05, 0) is 86.7 Å². The van der Waals surface area contributed by atoms with Crippen molar-refractivity contribution in [1.29, 1.82) is 0 Å². The first-order valence-corrected chi connectivity index (χ1v) is 14.6. The normalized spacial score (nSPS) is 18.3. The molecule has 1 N–H and O–H groups in total. The van der Waals surface area contributed by atoms with E-state index in [-0.39, 0.29) is 18.2 Å². The SMILES string of the molecule is CCCOc1ccc(NC(=O)C[C@@H]2C(=O)N(c3ccc(OC)cc3)C(=S)N2CCCN2CCN(CC)CC2)cc1. The Kier molecular flexibility index (Phi) is 10.7. The van der Waals surface area contributed by atoms with Gasteiger partial charge in [-0.15, -0.1) is 0 Å². The molecule has 0 radical (unpaired) electrons. The number of methoxy groups -OCH3 is 1. The number of hydrogen-bond acceptors (Lipinski definition) is 7. The highest BCUT2D eigenvalue weighted by Crippen LogP contribution is 2.29. The Morgan fingerprint density at radius 3 is 2.23 bits per heavy atom. The highest BCUT2D eigenvalue weighted by molar-refractivity contribution is 7.80. The Labute approximate surface area is 243 Å². The minimum absolute atomic E-state index is 0.00882. The third kappa shape index (κ3) is 7.50. The Bertz CT molecular complexity index is 1140. The standard InChI is InChI=1S/C30H41N5O4S/c1-4-21-39-26-11-7-23(8-12-26)31-28(36)22-27-29(37)35(24-9-13-25(38-3)14-10-24)30(40)34(27)16-6-15-33-19-17-32(5-2)18-20-33/h7-14,27H,4-6,15-22H2,1-3H3,(H,31,36)/t27-/m1/s1. The van der Waals surface area contributed by atoms with E-state index in [4.69, 9.17) is 21.7 Å². The van der Waals surface area contributed by atoms with Crippen LogP contribution in [0.5, 0.6) is 11.5 Å². The second-order valence-corrected chi connectivity index (χ2v) is 10.5. The van der Waals surface area contributed by atoms with Crippen LogP contribution in [0.4, 0.5) is 11.4 Å². The van der Waals surface area contributed by atoms with E-state index >= 15 is 0 Å². The predicted octanol–water partition coefficient (Wildman–Crippen LogP) is 3.84. The molecule has 2 amide bonds. The van der Waals surface area contributed by atoms with Gasteiger partial charge in [0.05, 0.1) is 25.8 Å². The summed E-state index contributed by atoms with van der Waals surface area (Å²) >= 11 is 5.83. The van der Waals surface area contributed by atoms with Crippen LogP contribution in [0.25, 0.3) is 0 Å². The van der Waals surface area contributed by atoms with Crippen molar-refractivity contribution in [3.8, 4) is 11.5 Å². The maximum Gasteiger partial charge on any atom is 0.256 e. The zero-order chi connectivity index (χ0) is 28.5. The van der Waals surface area contributed by atoms with Gasteiger partial charge in [0, 0.05) is 38.4 Å². The summed E-state index contributed by atoms with van der Waals surface area (Å²) in [6, 6.07) is 13.9. The molecule has 0 aliphatic carbocycles. The number of amides is 2. The predicted molar refractivity (Wildman–Crippen MR) is 162 cm³/mol. The van der Waals surface area contributed by atoms with Crippen LogP contribution in [-0.2, 0) is 9.59 Å². The van der Waals surface area contributed by atoms with Crippen LogP contribution < -0.4 is 19.7 Å². The van der Waals surface area contributed by atoms with Gasteiger partial charge in [-0.2, -0.15) is 0 Å². The molecule has 4 rings (SSSR count). The summed E-state index contributed by atoms with van der Waals surface area (Å²) < 4.78 is 10.9. The lowest BCUT2D eigenvalue weighted by Gasteiger charge is -2.34. The smallest absolute Gasteiger partial charge is 0.256 e. The molecule has 9 nitrogen and oxygen atoms in total. The molecule has 1 atom stereocenters. The topological polar surface area (TPSA) is 77.6 Å². The number of anilines is 2. The maximum atomic E-state index is 13.7. The lowest BCUT2D eigenvalue weighted by atomic mass is 10.1. The number of hydrogen-bond donors (Lipinski definition) is 1. The van der Waals surface area contributed by atoms with Crippen LogP contribution in [-0.4, -0.2) is 97.2 Å². The third-order valence-corrected chi connectivity index (χ3v) is 7.84. The van der Waals surface area contributed by atoms with E-state index in [0.29, 0.717) is 35.4 Å². The fourth-order valence-corrected chi connectivity index (χ4v) is 5.51. The molecule has 2 aromatic rings. The van der Waals surface area contributed by atoms with Gasteiger partial charge >= 0.3 is 0 Å². The molecule has 0 bridgehead atoms. The number of nitrogens with zero attached hydrogens (tertiary/aromatic N) is 4. The first-order chi connectivity index (χ1) is 19.4. The van der Waals surface area contributed by atoms with Crippen molar-refractivity contribution in [2.24, 2.45) is 0 Å². The van der Waals surface area contributed by atoms with E-state index in [1.54, 1.807) is 24.1 Å². The summed E-state index contributed by atoms with van der Waals surface area (Å²) in [4.78, 5) is 35.2. The number of rotatable bonds is 13. The Morgan fingerprint density at radius 2 is 1.60 bits per heavy atom. The molecule has 0 spiro atoms. The van der Waals surface area contributed by atoms with Gasteiger partial charge in [-0.3, -0.25) is 14.5 Å². The quantitative estimate of drug-likeness (QED) is 0.366. The van der Waals surface area contributed by atoms with Crippen molar-refractivity contribution >= 4 is 40.5 Å². The maximum absolute atomic E-state index is 13.7. The summed E-state index contributed by atoms with van der Waals surface area (Å²) in [5.74, 6) is 1.03. The molecule has 0 saturated carbocycles. The van der Waals surface area contributed by atoms with Crippen molar-refractivity contribution in [3.05, 3.63) is 48.5 Å². The lowest BCUT2D eigenvalue weighted by molar-refractivity contribution is -0.124. The van der Waals surface area contributed by atoms with Gasteiger partial charge in [0.2, 0.25) is 5.91 Å². The van der Waals surface area contributed by atoms with E-state index in [0.717, 1.165) is 57.9 Å². The Morgan fingerprint density at radius 1 is 0.950 bits per heavy atom. The molecule has 10 heteroatoms. The van der Waals surface area contributed by atoms with Crippen LogP contribution in [0.3, 0.4) is 0 Å². The van der Waals surface area contributed by atoms with Crippen molar-refractivity contribution in [1.82, 2.24) is 14.7 Å². The molecule has 216 valence electrons. The zero-order valence-corrected chi connectivity index (χ0v) is 24.6. The first kappa shape index (κ1) is 29.8. The molecule has 2 aromatic carbocycles. The number of thiocarbonyl (C=S) groups is 1. The summed E-state index contributed by atoms with van der Waals surface area (Å²) in [6.45, 7) is 11.8. The Hall–Kier alpha value is -3.21. The van der Waals surface area contributed by atoms with Crippen molar-refractivity contribution in [3.63, 3.8) is 0 Å². The van der Waals surface area contributed by atoms with Gasteiger partial charge in [0.1, 0.15) is 17.5 Å². The third-order valence-electron chi connectivity index (χ3n) is 7.42. The van der Waals surface area contributed by atoms with Gasteiger partial charge in [-0.25, -0.2) is 0 Å². The fourth-order valence-electron chi connectivity index (χ4n) is 5.09. The van der Waals surface area contributed by atoms with E-state index in [1.165, 1.54) is 0 Å². The van der Waals surface area contributed by atoms with Crippen LogP contribution in [0, 0.1) is 0 Å². The number of ether oxygens (including phenoxy) is 2. The molecule has 2 heterocycles. The van der Waals surface area contributed by atoms with Gasteiger partial charge < -0.3 is 29.5 Å². The molecular formula is C30H41N5O4S. The second kappa shape index (κ2) is 14.4. The minimum Gasteiger partial charge on any atom is -0.497 e. The molecule has 2 saturated heterocycles. The number of carbonyl (C=O) groups is 2. The highest BCUT2D eigenvalue weighted by atomic mass is 32.1. The average molecular weight is 568 g/mol. The highest BCUT2D eigenvalue weighted by Gasteiger charge is 2.44. The second-order valence-electron chi connectivity index (χ2n) is 10.1. The van der Waals surface area contributed by atoms with Crippen LogP contribution in [0.1, 0.15) is 33.1 Å². The number of nitrogens with one attached hydrogen (secondary N) is 1. The molecule has 0 unspecified atom stereocenters. The van der Waals surface area contributed by atoms with Crippen molar-refractivity contribution in [2.75, 3.05) is 69.7 Å². The van der Waals surface area contributed by atoms with Gasteiger partial charge in [-0.1, -0.05) is 13.8 Å². The number of likely N-dealkylation sites (N-methyl/N-ethyl adjacent to an activating group) is 1. The lowest BCUT2D eigenvalue weighted by Crippen LogP contribution is -2.47. The number of carbonyl (C=O) groups excluding carboxylic acids is 2. The number of piperazine rings is 1. The van der Waals surface area contributed by atoms with E-state index in [2.05, 4.69) is 29.0 Å². The fraction of sp³-hybridized carbons (Fsp3) is 0.500. The minimum atomic E-state index is -0.668. The van der Waals surface area contributed by atoms with Gasteiger partial charge in [0.25, 0.3) is 5.91 Å². The van der Waals surface area contributed by atoms with Crippen molar-refractivity contribution in [2.45, 2.75) is 39.2 Å². The summed E-state index contributed by atoms with van der Waals surface area (Å²) in [5, 5.41) is 3.36. The van der Waals surface area contributed by atoms with E-state index in [1.807, 2.05) is 41.3 Å². The molecule has 2 aliphatic heterocycles. The molecule has 2 aliphatic rings. The Balaban J connectivity index is 1.43. The molecule has 2 fully saturated rings. The summed E-state index contributed by atoms with van der Waals surface area (Å²) in [5.41, 5.74) is 1.33. The number of benzene rings is 2. The summed E-state index contributed by atoms with van der Waals surface area (Å²) in [6.07, 6.45) is 1.79. The van der Waals surface area contributed by atoms with Crippen molar-refractivity contribution < 1.29 is 19.1 Å². The van der Waals surface area contributed by atoms with E-state index in [9.17, 15) is 9.59 Å². The zero-order valence-electron chi connectivity index (χ0n) is 23.8. The van der Waals surface area contributed by atoms with Crippen LogP contribution in [0.2, 0.25) is 0 Å². The van der Waals surface area contributed by atoms with Crippen LogP contribution in [0.15, 0.2) is 48.5 Å². The monoisotopic (exact) mass is 567 g/mol. The first-order valence-electron chi connectivity index (χ1n) is 14.2.